The van der Waals surface area contributed by atoms with Crippen LogP contribution in [0.1, 0.15) is 10.4 Å². The number of nitrogens with zero attached hydrogens (tertiary/aromatic N) is 2. The highest BCUT2D eigenvalue weighted by Gasteiger charge is 2.14. The second-order valence-corrected chi connectivity index (χ2v) is 4.30. The summed E-state index contributed by atoms with van der Waals surface area (Å²) in [5.74, 6) is -0.0359. The highest BCUT2D eigenvalue weighted by Crippen LogP contribution is 2.21. The summed E-state index contributed by atoms with van der Waals surface area (Å²) in [5, 5.41) is 19.5. The maximum absolute atomic E-state index is 11.8. The number of benzene rings is 1. The predicted octanol–water partition coefficient (Wildman–Crippen LogP) is 2.33. The van der Waals surface area contributed by atoms with Crippen molar-refractivity contribution >= 4 is 33.3 Å². The molecule has 0 saturated carbocycles. The van der Waals surface area contributed by atoms with Crippen LogP contribution < -0.4 is 5.32 Å². The maximum atomic E-state index is 11.8. The van der Waals surface area contributed by atoms with E-state index in [1.54, 1.807) is 6.07 Å². The standard InChI is InChI=1S/C10H7BrN4O3/c11-7-3-6(4-8(5-7)15(17)18)10(16)13-9-1-2-12-14-9/h1-5H,(H2,12,13,14,16). The average Bonchev–Trinajstić information content (AvgIpc) is 2.80. The molecule has 0 aliphatic carbocycles. The quantitative estimate of drug-likeness (QED) is 0.671. The van der Waals surface area contributed by atoms with E-state index in [4.69, 9.17) is 0 Å². The first-order chi connectivity index (χ1) is 8.56. The summed E-state index contributed by atoms with van der Waals surface area (Å²) in [4.78, 5) is 22.0. The molecular weight excluding hydrogens is 304 g/mol. The normalized spacial score (nSPS) is 10.1. The molecule has 0 aliphatic rings. The van der Waals surface area contributed by atoms with Crippen LogP contribution in [0.25, 0.3) is 0 Å². The Morgan fingerprint density at radius 2 is 2.22 bits per heavy atom. The van der Waals surface area contributed by atoms with Gasteiger partial charge in [-0.1, -0.05) is 15.9 Å². The van der Waals surface area contributed by atoms with E-state index in [2.05, 4.69) is 31.4 Å². The summed E-state index contributed by atoms with van der Waals surface area (Å²) >= 11 is 3.12. The second-order valence-electron chi connectivity index (χ2n) is 3.38. The molecule has 2 aromatic rings. The molecule has 2 N–H and O–H groups in total. The molecule has 0 saturated heterocycles. The van der Waals surface area contributed by atoms with Crippen LogP contribution in [0.2, 0.25) is 0 Å². The van der Waals surface area contributed by atoms with E-state index < -0.39 is 10.8 Å². The number of aromatic nitrogens is 2. The fourth-order valence-electron chi connectivity index (χ4n) is 1.33. The van der Waals surface area contributed by atoms with Gasteiger partial charge in [-0.3, -0.25) is 20.0 Å². The zero-order valence-corrected chi connectivity index (χ0v) is 10.5. The molecule has 1 amide bonds. The fourth-order valence-corrected chi connectivity index (χ4v) is 1.81. The van der Waals surface area contributed by atoms with E-state index in [-0.39, 0.29) is 11.3 Å². The van der Waals surface area contributed by atoms with E-state index in [9.17, 15) is 14.9 Å². The summed E-state index contributed by atoms with van der Waals surface area (Å²) in [6.45, 7) is 0. The van der Waals surface area contributed by atoms with Gasteiger partial charge in [-0.25, -0.2) is 0 Å². The zero-order valence-electron chi connectivity index (χ0n) is 8.88. The Labute approximate surface area is 109 Å². The van der Waals surface area contributed by atoms with Gasteiger partial charge in [0.1, 0.15) is 5.82 Å². The Bertz CT molecular complexity index is 597. The van der Waals surface area contributed by atoms with Gasteiger partial charge in [0.15, 0.2) is 0 Å². The largest absolute Gasteiger partial charge is 0.307 e. The van der Waals surface area contributed by atoms with Crippen LogP contribution >= 0.6 is 15.9 Å². The number of hydrogen-bond acceptors (Lipinski definition) is 4. The number of carbonyl (C=O) groups is 1. The Morgan fingerprint density at radius 1 is 1.44 bits per heavy atom. The first-order valence-corrected chi connectivity index (χ1v) is 5.61. The van der Waals surface area contributed by atoms with Crippen molar-refractivity contribution in [3.63, 3.8) is 0 Å². The minimum Gasteiger partial charge on any atom is -0.307 e. The first-order valence-electron chi connectivity index (χ1n) is 4.82. The number of nitro benzene ring substituents is 1. The molecular formula is C10H7BrN4O3. The maximum Gasteiger partial charge on any atom is 0.271 e. The minimum atomic E-state index is -0.558. The number of H-pyrrole nitrogens is 1. The van der Waals surface area contributed by atoms with Gasteiger partial charge in [0, 0.05) is 28.2 Å². The van der Waals surface area contributed by atoms with Crippen molar-refractivity contribution in [1.29, 1.82) is 0 Å². The third kappa shape index (κ3) is 2.72. The van der Waals surface area contributed by atoms with Crippen molar-refractivity contribution in [3.05, 3.63) is 50.6 Å². The molecule has 0 spiro atoms. The van der Waals surface area contributed by atoms with Gasteiger partial charge in [-0.15, -0.1) is 0 Å². The van der Waals surface area contributed by atoms with Crippen molar-refractivity contribution in [2.45, 2.75) is 0 Å². The smallest absolute Gasteiger partial charge is 0.271 e. The third-order valence-electron chi connectivity index (χ3n) is 2.10. The van der Waals surface area contributed by atoms with Gasteiger partial charge < -0.3 is 5.32 Å². The molecule has 0 atom stereocenters. The molecule has 0 unspecified atom stereocenters. The molecule has 8 heteroatoms. The molecule has 0 aliphatic heterocycles. The molecule has 92 valence electrons. The molecule has 0 bridgehead atoms. The lowest BCUT2D eigenvalue weighted by atomic mass is 10.2. The Morgan fingerprint density at radius 3 is 2.83 bits per heavy atom. The minimum absolute atomic E-state index is 0.154. The molecule has 1 heterocycles. The van der Waals surface area contributed by atoms with E-state index in [1.165, 1.54) is 24.4 Å². The number of halogens is 1. The van der Waals surface area contributed by atoms with Gasteiger partial charge in [0.25, 0.3) is 11.6 Å². The van der Waals surface area contributed by atoms with Gasteiger partial charge in [0.05, 0.1) is 11.1 Å². The van der Waals surface area contributed by atoms with E-state index in [0.29, 0.717) is 10.3 Å². The van der Waals surface area contributed by atoms with Crippen LogP contribution in [0.15, 0.2) is 34.9 Å². The molecule has 1 aromatic heterocycles. The predicted molar refractivity (Wildman–Crippen MR) is 67.3 cm³/mol. The molecule has 7 nitrogen and oxygen atoms in total. The molecule has 0 radical (unpaired) electrons. The molecule has 2 rings (SSSR count). The van der Waals surface area contributed by atoms with Crippen LogP contribution in [-0.4, -0.2) is 21.0 Å². The molecule has 18 heavy (non-hydrogen) atoms. The molecule has 1 aromatic carbocycles. The second kappa shape index (κ2) is 4.96. The highest BCUT2D eigenvalue weighted by atomic mass is 79.9. The number of non-ortho nitro benzene ring substituents is 1. The van der Waals surface area contributed by atoms with Gasteiger partial charge in [-0.05, 0) is 6.07 Å². The molecule has 0 fully saturated rings. The van der Waals surface area contributed by atoms with E-state index >= 15 is 0 Å². The average molecular weight is 311 g/mol. The fraction of sp³-hybridized carbons (Fsp3) is 0. The van der Waals surface area contributed by atoms with Gasteiger partial charge in [0.2, 0.25) is 0 Å². The first kappa shape index (κ1) is 12.2. The number of hydrogen-bond donors (Lipinski definition) is 2. The van der Waals surface area contributed by atoms with Crippen molar-refractivity contribution in [1.82, 2.24) is 10.2 Å². The Kier molecular flexibility index (Phi) is 3.38. The number of carbonyl (C=O) groups excluding carboxylic acids is 1. The lowest BCUT2D eigenvalue weighted by molar-refractivity contribution is -0.384. The van der Waals surface area contributed by atoms with E-state index in [0.717, 1.165) is 0 Å². The van der Waals surface area contributed by atoms with Crippen LogP contribution in [0.3, 0.4) is 0 Å². The highest BCUT2D eigenvalue weighted by molar-refractivity contribution is 9.10. The number of rotatable bonds is 3. The van der Waals surface area contributed by atoms with Crippen LogP contribution in [0, 0.1) is 10.1 Å². The Balaban J connectivity index is 2.27. The van der Waals surface area contributed by atoms with E-state index in [1.807, 2.05) is 0 Å². The summed E-state index contributed by atoms with van der Waals surface area (Å²) < 4.78 is 0.464. The van der Waals surface area contributed by atoms with Crippen molar-refractivity contribution in [2.24, 2.45) is 0 Å². The number of aromatic amines is 1. The van der Waals surface area contributed by atoms with Gasteiger partial charge >= 0.3 is 0 Å². The summed E-state index contributed by atoms with van der Waals surface area (Å²) in [6.07, 6.45) is 1.49. The number of nitrogens with one attached hydrogen (secondary N) is 2. The summed E-state index contributed by atoms with van der Waals surface area (Å²) in [6, 6.07) is 5.60. The number of nitro groups is 1. The zero-order chi connectivity index (χ0) is 13.1. The number of amides is 1. The van der Waals surface area contributed by atoms with Crippen LogP contribution in [0.5, 0.6) is 0 Å². The van der Waals surface area contributed by atoms with Gasteiger partial charge in [-0.2, -0.15) is 5.10 Å². The lowest BCUT2D eigenvalue weighted by Gasteiger charge is -2.03. The topological polar surface area (TPSA) is 101 Å². The SMILES string of the molecule is O=C(Nc1ccn[nH]1)c1cc(Br)cc([N+](=O)[O-])c1. The monoisotopic (exact) mass is 310 g/mol. The Hall–Kier alpha value is -2.22. The van der Waals surface area contributed by atoms with Crippen LogP contribution in [-0.2, 0) is 0 Å². The van der Waals surface area contributed by atoms with Crippen LogP contribution in [0.4, 0.5) is 11.5 Å². The van der Waals surface area contributed by atoms with Crippen molar-refractivity contribution in [3.8, 4) is 0 Å². The van der Waals surface area contributed by atoms with Crippen molar-refractivity contribution in [2.75, 3.05) is 5.32 Å². The van der Waals surface area contributed by atoms with Crippen molar-refractivity contribution < 1.29 is 9.72 Å². The summed E-state index contributed by atoms with van der Waals surface area (Å²) in [7, 11) is 0. The lowest BCUT2D eigenvalue weighted by Crippen LogP contribution is -2.12. The summed E-state index contributed by atoms with van der Waals surface area (Å²) in [5.41, 5.74) is 0.0322. The third-order valence-corrected chi connectivity index (χ3v) is 2.56. The number of anilines is 1.